The lowest BCUT2D eigenvalue weighted by Gasteiger charge is -2.04. The third-order valence-electron chi connectivity index (χ3n) is 3.02. The van der Waals surface area contributed by atoms with E-state index in [4.69, 9.17) is 4.42 Å². The van der Waals surface area contributed by atoms with E-state index in [9.17, 15) is 9.18 Å². The molecule has 0 saturated heterocycles. The van der Waals surface area contributed by atoms with Gasteiger partial charge in [-0.05, 0) is 25.1 Å². The first-order chi connectivity index (χ1) is 10.5. The number of carbonyl (C=O) groups excluding carboxylic acids is 1. The molecule has 112 valence electrons. The minimum absolute atomic E-state index is 0.00304. The largest absolute Gasteiger partial charge is 0.420 e. The third kappa shape index (κ3) is 2.75. The van der Waals surface area contributed by atoms with Crippen molar-refractivity contribution in [2.75, 3.05) is 5.32 Å². The van der Waals surface area contributed by atoms with Crippen molar-refractivity contribution in [3.05, 3.63) is 52.5 Å². The first kappa shape index (κ1) is 14.4. The minimum Gasteiger partial charge on any atom is -0.420 e. The van der Waals surface area contributed by atoms with Crippen LogP contribution < -0.4 is 5.32 Å². The van der Waals surface area contributed by atoms with Gasteiger partial charge in [-0.25, -0.2) is 4.39 Å². The summed E-state index contributed by atoms with van der Waals surface area (Å²) < 4.78 is 19.0. The van der Waals surface area contributed by atoms with Crippen LogP contribution in [0.25, 0.3) is 10.8 Å². The second-order valence-corrected chi connectivity index (χ2v) is 5.90. The number of carbonyl (C=O) groups is 1. The zero-order valence-electron chi connectivity index (χ0n) is 11.9. The van der Waals surface area contributed by atoms with Crippen molar-refractivity contribution in [1.29, 1.82) is 0 Å². The number of benzene rings is 1. The van der Waals surface area contributed by atoms with Gasteiger partial charge >= 0.3 is 0 Å². The summed E-state index contributed by atoms with van der Waals surface area (Å²) in [5, 5.41) is 10.4. The number of aryl methyl sites for hydroxylation is 2. The van der Waals surface area contributed by atoms with Crippen molar-refractivity contribution in [1.82, 2.24) is 10.2 Å². The maximum atomic E-state index is 13.6. The van der Waals surface area contributed by atoms with Crippen molar-refractivity contribution < 1.29 is 13.6 Å². The summed E-state index contributed by atoms with van der Waals surface area (Å²) in [5.41, 5.74) is 0.604. The Bertz CT molecular complexity index is 841. The van der Waals surface area contributed by atoms with E-state index in [1.807, 2.05) is 6.92 Å². The molecule has 0 radical (unpaired) electrons. The van der Waals surface area contributed by atoms with Gasteiger partial charge in [0.1, 0.15) is 5.82 Å². The second kappa shape index (κ2) is 5.69. The number of amides is 1. The van der Waals surface area contributed by atoms with Crippen LogP contribution in [0.1, 0.15) is 21.1 Å². The molecule has 1 N–H and O–H groups in total. The topological polar surface area (TPSA) is 68.0 Å². The van der Waals surface area contributed by atoms with Gasteiger partial charge in [0, 0.05) is 11.8 Å². The fourth-order valence-electron chi connectivity index (χ4n) is 1.94. The third-order valence-corrected chi connectivity index (χ3v) is 4.06. The van der Waals surface area contributed by atoms with Gasteiger partial charge in [-0.3, -0.25) is 4.79 Å². The number of thiophene rings is 1. The lowest BCUT2D eigenvalue weighted by atomic mass is 10.2. The highest BCUT2D eigenvalue weighted by molar-refractivity contribution is 7.15. The van der Waals surface area contributed by atoms with Crippen LogP contribution in [-0.4, -0.2) is 16.1 Å². The standard InChI is InChI=1S/C15H12FN3O2S/c1-8-12(7-13(22-8)15-19-18-9(2)21-15)17-14(20)10-5-3-4-6-11(10)16/h3-7H,1-2H3,(H,17,20). The van der Waals surface area contributed by atoms with Gasteiger partial charge in [-0.15, -0.1) is 21.5 Å². The molecule has 0 aliphatic carbocycles. The summed E-state index contributed by atoms with van der Waals surface area (Å²) in [7, 11) is 0. The normalized spacial score (nSPS) is 10.7. The molecule has 0 bridgehead atoms. The monoisotopic (exact) mass is 317 g/mol. The highest BCUT2D eigenvalue weighted by Gasteiger charge is 2.16. The Hall–Kier alpha value is -2.54. The Labute approximate surface area is 129 Å². The van der Waals surface area contributed by atoms with Crippen LogP contribution in [0.4, 0.5) is 10.1 Å². The van der Waals surface area contributed by atoms with E-state index in [0.717, 1.165) is 9.75 Å². The van der Waals surface area contributed by atoms with Crippen molar-refractivity contribution in [3.8, 4) is 10.8 Å². The van der Waals surface area contributed by atoms with Gasteiger partial charge in [-0.1, -0.05) is 12.1 Å². The molecule has 5 nitrogen and oxygen atoms in total. The maximum Gasteiger partial charge on any atom is 0.258 e. The van der Waals surface area contributed by atoms with E-state index in [-0.39, 0.29) is 5.56 Å². The minimum atomic E-state index is -0.555. The average molecular weight is 317 g/mol. The first-order valence-corrected chi connectivity index (χ1v) is 7.33. The predicted molar refractivity (Wildman–Crippen MR) is 81.4 cm³/mol. The molecule has 0 spiro atoms. The first-order valence-electron chi connectivity index (χ1n) is 6.51. The summed E-state index contributed by atoms with van der Waals surface area (Å²) in [6, 6.07) is 7.59. The number of nitrogens with zero attached hydrogens (tertiary/aromatic N) is 2. The Morgan fingerprint density at radius 1 is 1.27 bits per heavy atom. The van der Waals surface area contributed by atoms with Crippen LogP contribution in [-0.2, 0) is 0 Å². The molecule has 3 rings (SSSR count). The molecule has 1 amide bonds. The van der Waals surface area contributed by atoms with Crippen LogP contribution in [0.3, 0.4) is 0 Å². The number of anilines is 1. The van der Waals surface area contributed by atoms with Crippen molar-refractivity contribution in [3.63, 3.8) is 0 Å². The van der Waals surface area contributed by atoms with Crippen LogP contribution in [0.5, 0.6) is 0 Å². The fraction of sp³-hybridized carbons (Fsp3) is 0.133. The number of rotatable bonds is 3. The van der Waals surface area contributed by atoms with Crippen LogP contribution in [0, 0.1) is 19.7 Å². The predicted octanol–water partition coefficient (Wildman–Crippen LogP) is 3.81. The molecule has 2 aromatic heterocycles. The zero-order valence-corrected chi connectivity index (χ0v) is 12.7. The van der Waals surface area contributed by atoms with E-state index in [1.165, 1.54) is 29.5 Å². The average Bonchev–Trinajstić information content (AvgIpc) is 3.06. The molecular weight excluding hydrogens is 305 g/mol. The van der Waals surface area contributed by atoms with Gasteiger partial charge in [0.25, 0.3) is 11.8 Å². The molecule has 0 aliphatic rings. The maximum absolute atomic E-state index is 13.6. The molecule has 1 aromatic carbocycles. The summed E-state index contributed by atoms with van der Waals surface area (Å²) in [5.74, 6) is -0.178. The van der Waals surface area contributed by atoms with E-state index in [1.54, 1.807) is 19.1 Å². The molecule has 0 aliphatic heterocycles. The van der Waals surface area contributed by atoms with Gasteiger partial charge in [0.05, 0.1) is 16.1 Å². The highest BCUT2D eigenvalue weighted by Crippen LogP contribution is 2.33. The quantitative estimate of drug-likeness (QED) is 0.797. The number of aromatic nitrogens is 2. The molecular formula is C15H12FN3O2S. The second-order valence-electron chi connectivity index (χ2n) is 4.64. The molecule has 22 heavy (non-hydrogen) atoms. The molecule has 0 saturated carbocycles. The van der Waals surface area contributed by atoms with Gasteiger partial charge in [0.2, 0.25) is 5.89 Å². The molecule has 0 atom stereocenters. The number of hydrogen-bond acceptors (Lipinski definition) is 5. The van der Waals surface area contributed by atoms with Crippen molar-refractivity contribution in [2.24, 2.45) is 0 Å². The van der Waals surface area contributed by atoms with E-state index in [0.29, 0.717) is 17.5 Å². The molecule has 2 heterocycles. The zero-order chi connectivity index (χ0) is 15.7. The highest BCUT2D eigenvalue weighted by atomic mass is 32.1. The molecule has 0 unspecified atom stereocenters. The van der Waals surface area contributed by atoms with E-state index in [2.05, 4.69) is 15.5 Å². The van der Waals surface area contributed by atoms with Crippen LogP contribution >= 0.6 is 11.3 Å². The summed E-state index contributed by atoms with van der Waals surface area (Å²) in [4.78, 5) is 13.8. The Balaban J connectivity index is 1.86. The van der Waals surface area contributed by atoms with Crippen molar-refractivity contribution in [2.45, 2.75) is 13.8 Å². The lowest BCUT2D eigenvalue weighted by molar-refractivity contribution is 0.102. The van der Waals surface area contributed by atoms with Crippen LogP contribution in [0.2, 0.25) is 0 Å². The number of hydrogen-bond donors (Lipinski definition) is 1. The summed E-state index contributed by atoms with van der Waals surface area (Å²) in [6.07, 6.45) is 0. The number of nitrogens with one attached hydrogen (secondary N) is 1. The smallest absolute Gasteiger partial charge is 0.258 e. The van der Waals surface area contributed by atoms with Gasteiger partial charge < -0.3 is 9.73 Å². The SMILES string of the molecule is Cc1nnc(-c2cc(NC(=O)c3ccccc3F)c(C)s2)o1. The molecule has 0 fully saturated rings. The van der Waals surface area contributed by atoms with E-state index < -0.39 is 11.7 Å². The fourth-order valence-corrected chi connectivity index (χ4v) is 2.84. The Morgan fingerprint density at radius 2 is 2.05 bits per heavy atom. The summed E-state index contributed by atoms with van der Waals surface area (Å²) >= 11 is 1.42. The van der Waals surface area contributed by atoms with E-state index >= 15 is 0 Å². The van der Waals surface area contributed by atoms with Gasteiger partial charge in [0.15, 0.2) is 0 Å². The Morgan fingerprint density at radius 3 is 2.73 bits per heavy atom. The Kier molecular flexibility index (Phi) is 3.72. The number of halogens is 1. The van der Waals surface area contributed by atoms with Gasteiger partial charge in [-0.2, -0.15) is 0 Å². The van der Waals surface area contributed by atoms with Crippen LogP contribution in [0.15, 0.2) is 34.7 Å². The lowest BCUT2D eigenvalue weighted by Crippen LogP contribution is -2.13. The van der Waals surface area contributed by atoms with Crippen molar-refractivity contribution >= 4 is 22.9 Å². The molecule has 3 aromatic rings. The molecule has 7 heteroatoms. The summed E-state index contributed by atoms with van der Waals surface area (Å²) in [6.45, 7) is 3.56.